The fourth-order valence-corrected chi connectivity index (χ4v) is 10.8. The SMILES string of the molecule is CN(C)/N=C(\CCC[C@@H](CO[Si](c1ccccc1)(c1ccccc1)C(C)(C)C)NC(=O)OC(C)(C)C)CCC[C@H]1COC(C)(C)O1. The van der Waals surface area contributed by atoms with Gasteiger partial charge in [-0.25, -0.2) is 4.79 Å². The molecule has 0 aliphatic carbocycles. The lowest BCUT2D eigenvalue weighted by Crippen LogP contribution is -2.67. The monoisotopic (exact) mass is 653 g/mol. The number of nitrogens with zero attached hydrogens (tertiary/aromatic N) is 2. The predicted octanol–water partition coefficient (Wildman–Crippen LogP) is 6.87. The molecule has 1 saturated heterocycles. The second kappa shape index (κ2) is 16.4. The summed E-state index contributed by atoms with van der Waals surface area (Å²) in [5.74, 6) is -0.502. The van der Waals surface area contributed by atoms with Crippen molar-refractivity contribution in [2.45, 2.75) is 122 Å². The van der Waals surface area contributed by atoms with E-state index in [1.165, 1.54) is 10.4 Å². The van der Waals surface area contributed by atoms with Gasteiger partial charge in [0.2, 0.25) is 0 Å². The lowest BCUT2D eigenvalue weighted by atomic mass is 10.0. The fourth-order valence-electron chi connectivity index (χ4n) is 6.16. The number of carbonyl (C=O) groups is 1. The van der Waals surface area contributed by atoms with Crippen LogP contribution in [0.3, 0.4) is 0 Å². The van der Waals surface area contributed by atoms with E-state index in [1.54, 1.807) is 0 Å². The molecule has 0 unspecified atom stereocenters. The van der Waals surface area contributed by atoms with Crippen LogP contribution in [0.25, 0.3) is 0 Å². The standard InChI is InChI=1S/C37H59N3O5Si/c1-35(2,3)45-34(41)38-30(21-17-19-29(39-40(9)10)20-18-22-31-28-42-37(7,8)44-31)27-43-46(36(4,5)6,32-23-13-11-14-24-32)33-25-15-12-16-26-33/h11-16,23-26,30-31H,17-22,27-28H2,1-10H3,(H,38,41)/b39-29+/t30-,31-/m0/s1. The van der Waals surface area contributed by atoms with Crippen molar-refractivity contribution in [2.75, 3.05) is 27.3 Å². The molecular formula is C37H59N3O5Si. The minimum Gasteiger partial charge on any atom is -0.444 e. The first-order valence-electron chi connectivity index (χ1n) is 16.8. The molecule has 1 fully saturated rings. The summed E-state index contributed by atoms with van der Waals surface area (Å²) in [5.41, 5.74) is 0.551. The van der Waals surface area contributed by atoms with Gasteiger partial charge < -0.3 is 29.0 Å². The number of alkyl carbamates (subject to hydrolysis) is 1. The second-order valence-electron chi connectivity index (χ2n) is 15.1. The minimum absolute atomic E-state index is 0.122. The molecule has 2 aromatic rings. The molecule has 46 heavy (non-hydrogen) atoms. The number of benzene rings is 2. The van der Waals surface area contributed by atoms with E-state index in [1.807, 2.05) is 65.9 Å². The van der Waals surface area contributed by atoms with E-state index in [9.17, 15) is 4.79 Å². The molecule has 9 heteroatoms. The zero-order valence-corrected chi connectivity index (χ0v) is 31.0. The Morgan fingerprint density at radius 3 is 2.02 bits per heavy atom. The van der Waals surface area contributed by atoms with Crippen molar-refractivity contribution in [1.82, 2.24) is 10.3 Å². The molecule has 1 heterocycles. The fraction of sp³-hybridized carbons (Fsp3) is 0.622. The highest BCUT2D eigenvalue weighted by molar-refractivity contribution is 6.99. The van der Waals surface area contributed by atoms with Gasteiger partial charge in [-0.1, -0.05) is 81.4 Å². The number of ether oxygens (including phenoxy) is 3. The van der Waals surface area contributed by atoms with Crippen LogP contribution in [0.15, 0.2) is 65.8 Å². The molecule has 2 aromatic carbocycles. The highest BCUT2D eigenvalue weighted by atomic mass is 28.4. The average Bonchev–Trinajstić information content (AvgIpc) is 3.30. The molecule has 1 amide bonds. The van der Waals surface area contributed by atoms with Crippen molar-refractivity contribution in [3.8, 4) is 0 Å². The molecule has 0 saturated carbocycles. The molecule has 0 spiro atoms. The van der Waals surface area contributed by atoms with Crippen LogP contribution < -0.4 is 15.7 Å². The number of rotatable bonds is 15. The van der Waals surface area contributed by atoms with Crippen LogP contribution in [0.2, 0.25) is 5.04 Å². The van der Waals surface area contributed by atoms with Crippen molar-refractivity contribution in [2.24, 2.45) is 5.10 Å². The minimum atomic E-state index is -2.78. The number of nitrogens with one attached hydrogen (secondary N) is 1. The van der Waals surface area contributed by atoms with E-state index in [-0.39, 0.29) is 17.2 Å². The molecule has 3 rings (SSSR count). The zero-order chi connectivity index (χ0) is 34.0. The van der Waals surface area contributed by atoms with Crippen molar-refractivity contribution in [1.29, 1.82) is 0 Å². The van der Waals surface area contributed by atoms with E-state index in [2.05, 4.69) is 74.6 Å². The summed E-state index contributed by atoms with van der Waals surface area (Å²) in [6.45, 7) is 17.4. The van der Waals surface area contributed by atoms with E-state index in [4.69, 9.17) is 23.7 Å². The summed E-state index contributed by atoms with van der Waals surface area (Å²) in [6.07, 6.45) is 4.92. The van der Waals surface area contributed by atoms with Gasteiger partial charge in [-0.2, -0.15) is 5.10 Å². The molecule has 2 atom stereocenters. The third-order valence-electron chi connectivity index (χ3n) is 8.06. The largest absolute Gasteiger partial charge is 0.444 e. The van der Waals surface area contributed by atoms with Crippen LogP contribution in [-0.4, -0.2) is 76.0 Å². The number of hydrogen-bond donors (Lipinski definition) is 1. The maximum Gasteiger partial charge on any atom is 0.407 e. The van der Waals surface area contributed by atoms with Crippen LogP contribution in [0.5, 0.6) is 0 Å². The second-order valence-corrected chi connectivity index (χ2v) is 19.4. The lowest BCUT2D eigenvalue weighted by Gasteiger charge is -2.43. The molecule has 0 radical (unpaired) electrons. The molecule has 1 aliphatic rings. The number of hydrazone groups is 1. The molecular weight excluding hydrogens is 595 g/mol. The van der Waals surface area contributed by atoms with Gasteiger partial charge in [-0.05, 0) is 88.6 Å². The number of hydrogen-bond acceptors (Lipinski definition) is 7. The first-order valence-corrected chi connectivity index (χ1v) is 18.7. The number of carbonyl (C=O) groups excluding carboxylic acids is 1. The quantitative estimate of drug-likeness (QED) is 0.128. The van der Waals surface area contributed by atoms with Gasteiger partial charge in [-0.3, -0.25) is 0 Å². The lowest BCUT2D eigenvalue weighted by molar-refractivity contribution is -0.138. The smallest absolute Gasteiger partial charge is 0.407 e. The van der Waals surface area contributed by atoms with Gasteiger partial charge >= 0.3 is 6.09 Å². The van der Waals surface area contributed by atoms with E-state index < -0.39 is 25.8 Å². The predicted molar refractivity (Wildman–Crippen MR) is 190 cm³/mol. The topological polar surface area (TPSA) is 81.6 Å². The average molecular weight is 654 g/mol. The van der Waals surface area contributed by atoms with Gasteiger partial charge in [0.25, 0.3) is 8.32 Å². The Morgan fingerprint density at radius 1 is 0.978 bits per heavy atom. The molecule has 0 aromatic heterocycles. The van der Waals surface area contributed by atoms with E-state index in [0.717, 1.165) is 44.2 Å². The Hall–Kier alpha value is -2.72. The molecule has 256 valence electrons. The Bertz CT molecular complexity index is 1200. The van der Waals surface area contributed by atoms with Crippen LogP contribution >= 0.6 is 0 Å². The normalized spacial score (nSPS) is 17.9. The number of amides is 1. The zero-order valence-electron chi connectivity index (χ0n) is 30.0. The summed E-state index contributed by atoms with van der Waals surface area (Å²) >= 11 is 0. The third-order valence-corrected chi connectivity index (χ3v) is 13.1. The highest BCUT2D eigenvalue weighted by Crippen LogP contribution is 2.37. The van der Waals surface area contributed by atoms with E-state index in [0.29, 0.717) is 13.2 Å². The van der Waals surface area contributed by atoms with Crippen LogP contribution in [0.1, 0.15) is 93.9 Å². The first-order chi connectivity index (χ1) is 21.5. The van der Waals surface area contributed by atoms with Crippen molar-refractivity contribution >= 4 is 30.5 Å². The van der Waals surface area contributed by atoms with Crippen LogP contribution in [0.4, 0.5) is 4.79 Å². The van der Waals surface area contributed by atoms with Crippen molar-refractivity contribution < 1.29 is 23.4 Å². The summed E-state index contributed by atoms with van der Waals surface area (Å²) in [5, 5.41) is 12.1. The first kappa shape index (κ1) is 37.7. The Morgan fingerprint density at radius 2 is 1.54 bits per heavy atom. The van der Waals surface area contributed by atoms with Crippen LogP contribution in [0, 0.1) is 0 Å². The van der Waals surface area contributed by atoms with Gasteiger partial charge in [-0.15, -0.1) is 0 Å². The summed E-state index contributed by atoms with van der Waals surface area (Å²) in [7, 11) is 1.14. The third kappa shape index (κ3) is 11.5. The van der Waals surface area contributed by atoms with Crippen LogP contribution in [-0.2, 0) is 18.6 Å². The Kier molecular flexibility index (Phi) is 13.5. The van der Waals surface area contributed by atoms with Gasteiger partial charge in [0.05, 0.1) is 25.4 Å². The molecule has 1 aliphatic heterocycles. The summed E-state index contributed by atoms with van der Waals surface area (Å²) in [4.78, 5) is 13.1. The van der Waals surface area contributed by atoms with Gasteiger partial charge in [0, 0.05) is 19.8 Å². The molecule has 8 nitrogen and oxygen atoms in total. The Balaban J connectivity index is 1.78. The molecule has 0 bridgehead atoms. The maximum absolute atomic E-state index is 13.1. The van der Waals surface area contributed by atoms with E-state index >= 15 is 0 Å². The summed E-state index contributed by atoms with van der Waals surface area (Å²) < 4.78 is 24.7. The van der Waals surface area contributed by atoms with Gasteiger partial charge in [0.15, 0.2) is 5.79 Å². The summed E-state index contributed by atoms with van der Waals surface area (Å²) in [6, 6.07) is 21.0. The van der Waals surface area contributed by atoms with Gasteiger partial charge in [0.1, 0.15) is 5.60 Å². The van der Waals surface area contributed by atoms with Crippen molar-refractivity contribution in [3.63, 3.8) is 0 Å². The highest BCUT2D eigenvalue weighted by Gasteiger charge is 2.50. The maximum atomic E-state index is 13.1. The van der Waals surface area contributed by atoms with Crippen molar-refractivity contribution in [3.05, 3.63) is 60.7 Å². The molecule has 1 N–H and O–H groups in total. The Labute approximate surface area is 279 Å².